The van der Waals surface area contributed by atoms with Gasteiger partial charge < -0.3 is 4.74 Å². The Morgan fingerprint density at radius 2 is 2.14 bits per heavy atom. The Labute approximate surface area is 167 Å². The molecule has 0 N–H and O–H groups in total. The van der Waals surface area contributed by atoms with E-state index in [0.717, 1.165) is 0 Å². The Hall–Kier alpha value is -2.66. The largest absolute Gasteiger partial charge is 0.444 e. The molecule has 0 bridgehead atoms. The molecule has 2 atom stereocenters. The molecule has 1 amide bonds. The van der Waals surface area contributed by atoms with E-state index < -0.39 is 23.9 Å². The van der Waals surface area contributed by atoms with Crippen LogP contribution < -0.4 is 0 Å². The molecule has 1 fully saturated rings. The molecule has 3 heterocycles. The lowest BCUT2D eigenvalue weighted by atomic mass is 10.0. The molecule has 1 aliphatic rings. The average Bonchev–Trinajstić information content (AvgIpc) is 3.16. The van der Waals surface area contributed by atoms with Crippen molar-refractivity contribution in [1.82, 2.24) is 19.7 Å². The maximum absolute atomic E-state index is 14.3. The summed E-state index contributed by atoms with van der Waals surface area (Å²) in [5.41, 5.74) is 0.790. The zero-order valence-corrected chi connectivity index (χ0v) is 16.9. The minimum atomic E-state index is -1.19. The number of nitrogens with zero attached hydrogens (tertiary/aromatic N) is 5. The molecular formula is C19H21ClFN5O2. The summed E-state index contributed by atoms with van der Waals surface area (Å²) in [4.78, 5) is 18.4. The number of carbonyl (C=O) groups is 1. The minimum absolute atomic E-state index is 0.0663. The molecule has 148 valence electrons. The van der Waals surface area contributed by atoms with E-state index in [2.05, 4.69) is 10.1 Å². The molecule has 2 unspecified atom stereocenters. The summed E-state index contributed by atoms with van der Waals surface area (Å²) in [7, 11) is 0. The Balaban J connectivity index is 2.06. The highest BCUT2D eigenvalue weighted by Crippen LogP contribution is 2.37. The van der Waals surface area contributed by atoms with Gasteiger partial charge in [0.2, 0.25) is 0 Å². The molecule has 9 heteroatoms. The van der Waals surface area contributed by atoms with Gasteiger partial charge in [-0.25, -0.2) is 18.9 Å². The van der Waals surface area contributed by atoms with E-state index in [-0.39, 0.29) is 23.8 Å². The van der Waals surface area contributed by atoms with Crippen molar-refractivity contribution in [2.24, 2.45) is 0 Å². The van der Waals surface area contributed by atoms with Crippen LogP contribution >= 0.6 is 11.6 Å². The smallest absolute Gasteiger partial charge is 0.410 e. The summed E-state index contributed by atoms with van der Waals surface area (Å²) >= 11 is 6.08. The molecule has 0 spiro atoms. The highest BCUT2D eigenvalue weighted by atomic mass is 35.5. The summed E-state index contributed by atoms with van der Waals surface area (Å²) in [6, 6.07) is 6.31. The first-order chi connectivity index (χ1) is 13.1. The molecule has 1 saturated heterocycles. The van der Waals surface area contributed by atoms with Crippen LogP contribution in [0.1, 0.15) is 50.2 Å². The summed E-state index contributed by atoms with van der Waals surface area (Å²) < 4.78 is 21.2. The number of ether oxygens (including phenoxy) is 1. The first kappa shape index (κ1) is 20.1. The first-order valence-electron chi connectivity index (χ1n) is 8.86. The standard InChI is InChI=1S/C19H21ClFN5O2/c1-11-7-13(9-22)24-26(11)17-14(5-6-16(20)23-17)15-8-12(21)10-25(15)18(27)28-19(2,3)4/h5-7,12,15H,8,10H2,1-4H3. The van der Waals surface area contributed by atoms with Gasteiger partial charge in [0.1, 0.15) is 23.0 Å². The van der Waals surface area contributed by atoms with Crippen molar-refractivity contribution >= 4 is 17.7 Å². The molecule has 0 aliphatic carbocycles. The number of halogens is 2. The Morgan fingerprint density at radius 3 is 2.75 bits per heavy atom. The van der Waals surface area contributed by atoms with E-state index in [4.69, 9.17) is 21.6 Å². The van der Waals surface area contributed by atoms with E-state index in [1.807, 2.05) is 6.07 Å². The van der Waals surface area contributed by atoms with Gasteiger partial charge in [0.05, 0.1) is 12.6 Å². The van der Waals surface area contributed by atoms with Crippen LogP contribution in [0.3, 0.4) is 0 Å². The lowest BCUT2D eigenvalue weighted by Gasteiger charge is -2.29. The van der Waals surface area contributed by atoms with Gasteiger partial charge in [-0.2, -0.15) is 10.4 Å². The van der Waals surface area contributed by atoms with Crippen LogP contribution in [0.25, 0.3) is 5.82 Å². The fourth-order valence-electron chi connectivity index (χ4n) is 3.21. The van der Waals surface area contributed by atoms with Gasteiger partial charge in [-0.15, -0.1) is 0 Å². The predicted molar refractivity (Wildman–Crippen MR) is 101 cm³/mol. The van der Waals surface area contributed by atoms with E-state index in [1.165, 1.54) is 9.58 Å². The van der Waals surface area contributed by atoms with Crippen molar-refractivity contribution in [3.63, 3.8) is 0 Å². The van der Waals surface area contributed by atoms with Crippen LogP contribution in [-0.4, -0.2) is 44.1 Å². The summed E-state index contributed by atoms with van der Waals surface area (Å²) in [6.07, 6.45) is -1.66. The highest BCUT2D eigenvalue weighted by molar-refractivity contribution is 6.29. The number of nitriles is 1. The second-order valence-electron chi connectivity index (χ2n) is 7.72. The van der Waals surface area contributed by atoms with Crippen molar-refractivity contribution in [3.05, 3.63) is 40.3 Å². The third-order valence-corrected chi connectivity index (χ3v) is 4.52. The molecule has 3 rings (SSSR count). The monoisotopic (exact) mass is 405 g/mol. The molecule has 7 nitrogen and oxygen atoms in total. The van der Waals surface area contributed by atoms with Gasteiger partial charge in [-0.3, -0.25) is 4.90 Å². The van der Waals surface area contributed by atoms with Gasteiger partial charge in [0, 0.05) is 17.7 Å². The van der Waals surface area contributed by atoms with E-state index in [9.17, 15) is 9.18 Å². The third kappa shape index (κ3) is 4.09. The van der Waals surface area contributed by atoms with Crippen molar-refractivity contribution in [3.8, 4) is 11.9 Å². The number of hydrogen-bond acceptors (Lipinski definition) is 5. The summed E-state index contributed by atoms with van der Waals surface area (Å²) in [6.45, 7) is 6.99. The second kappa shape index (κ2) is 7.40. The number of pyridine rings is 1. The Morgan fingerprint density at radius 1 is 1.43 bits per heavy atom. The number of carbonyl (C=O) groups excluding carboxylic acids is 1. The molecular weight excluding hydrogens is 385 g/mol. The van der Waals surface area contributed by atoms with Crippen molar-refractivity contribution in [2.45, 2.75) is 51.9 Å². The van der Waals surface area contributed by atoms with E-state index in [0.29, 0.717) is 17.1 Å². The van der Waals surface area contributed by atoms with E-state index in [1.54, 1.807) is 45.9 Å². The van der Waals surface area contributed by atoms with Crippen LogP contribution in [0, 0.1) is 18.3 Å². The zero-order chi connectivity index (χ0) is 20.6. The number of aromatic nitrogens is 3. The molecule has 0 aromatic carbocycles. The topological polar surface area (TPSA) is 84.0 Å². The molecule has 0 saturated carbocycles. The van der Waals surface area contributed by atoms with Gasteiger partial charge >= 0.3 is 6.09 Å². The Bertz CT molecular complexity index is 947. The van der Waals surface area contributed by atoms with Gasteiger partial charge in [0.25, 0.3) is 0 Å². The maximum Gasteiger partial charge on any atom is 0.410 e. The molecule has 2 aromatic rings. The summed E-state index contributed by atoms with van der Waals surface area (Å²) in [5, 5.41) is 13.6. The predicted octanol–water partition coefficient (Wildman–Crippen LogP) is 4.12. The number of hydrogen-bond donors (Lipinski definition) is 0. The second-order valence-corrected chi connectivity index (χ2v) is 8.11. The quantitative estimate of drug-likeness (QED) is 0.701. The number of aryl methyl sites for hydroxylation is 1. The van der Waals surface area contributed by atoms with Crippen LogP contribution in [0.15, 0.2) is 18.2 Å². The van der Waals surface area contributed by atoms with Crippen LogP contribution in [0.2, 0.25) is 5.15 Å². The van der Waals surface area contributed by atoms with Gasteiger partial charge in [-0.1, -0.05) is 17.7 Å². The average molecular weight is 406 g/mol. The maximum atomic E-state index is 14.3. The van der Waals surface area contributed by atoms with Crippen molar-refractivity contribution < 1.29 is 13.9 Å². The highest BCUT2D eigenvalue weighted by Gasteiger charge is 2.40. The van der Waals surface area contributed by atoms with Gasteiger partial charge in [-0.05, 0) is 39.8 Å². The molecule has 28 heavy (non-hydrogen) atoms. The van der Waals surface area contributed by atoms with Crippen LogP contribution in [0.5, 0.6) is 0 Å². The SMILES string of the molecule is Cc1cc(C#N)nn1-c1nc(Cl)ccc1C1CC(F)CN1C(=O)OC(C)(C)C. The zero-order valence-electron chi connectivity index (χ0n) is 16.1. The molecule has 2 aromatic heterocycles. The number of amides is 1. The third-order valence-electron chi connectivity index (χ3n) is 4.31. The van der Waals surface area contributed by atoms with Crippen molar-refractivity contribution in [1.29, 1.82) is 5.26 Å². The lowest BCUT2D eigenvalue weighted by Crippen LogP contribution is -2.37. The Kier molecular flexibility index (Phi) is 5.31. The fourth-order valence-corrected chi connectivity index (χ4v) is 3.35. The number of likely N-dealkylation sites (tertiary alicyclic amines) is 1. The van der Waals surface area contributed by atoms with Gasteiger partial charge in [0.15, 0.2) is 11.5 Å². The fraction of sp³-hybridized carbons (Fsp3) is 0.474. The number of rotatable bonds is 2. The molecule has 1 aliphatic heterocycles. The minimum Gasteiger partial charge on any atom is -0.444 e. The van der Waals surface area contributed by atoms with Crippen LogP contribution in [0.4, 0.5) is 9.18 Å². The van der Waals surface area contributed by atoms with E-state index >= 15 is 0 Å². The van der Waals surface area contributed by atoms with Crippen molar-refractivity contribution in [2.75, 3.05) is 6.54 Å². The normalized spacial score (nSPS) is 19.5. The summed E-state index contributed by atoms with van der Waals surface area (Å²) in [5.74, 6) is 0.360. The number of alkyl halides is 1. The first-order valence-corrected chi connectivity index (χ1v) is 9.24. The lowest BCUT2D eigenvalue weighted by molar-refractivity contribution is 0.0216. The molecule has 0 radical (unpaired) electrons. The van der Waals surface area contributed by atoms with Crippen LogP contribution in [-0.2, 0) is 4.74 Å².